The first-order valence-corrected chi connectivity index (χ1v) is 11.3. The van der Waals surface area contributed by atoms with Gasteiger partial charge in [0.2, 0.25) is 0 Å². The molecule has 9 N–H and O–H groups in total. The van der Waals surface area contributed by atoms with Gasteiger partial charge in [0, 0.05) is 7.11 Å². The maximum absolute atomic E-state index is 10.6. The topological polar surface area (TPSA) is 237 Å². The van der Waals surface area contributed by atoms with Gasteiger partial charge in [0.15, 0.2) is 12.6 Å². The van der Waals surface area contributed by atoms with Gasteiger partial charge in [0.25, 0.3) is 0 Å². The maximum Gasteiger partial charge on any atom is 0.187 e. The van der Waals surface area contributed by atoms with Gasteiger partial charge >= 0.3 is 0 Å². The average Bonchev–Trinajstić information content (AvgIpc) is 2.85. The van der Waals surface area contributed by atoms with Crippen LogP contribution in [0.15, 0.2) is 0 Å². The summed E-state index contributed by atoms with van der Waals surface area (Å²) in [6, 6.07) is 0. The molecular weight excluding hydrogens is 480 g/mol. The number of aliphatic hydroxyl groups is 9. The quantitative estimate of drug-likeness (QED) is 0.146. The fourth-order valence-corrected chi connectivity index (χ4v) is 4.43. The normalized spacial score (nSPS) is 51.3. The molecule has 0 aromatic heterocycles. The van der Waals surface area contributed by atoms with Crippen LogP contribution < -0.4 is 0 Å². The van der Waals surface area contributed by atoms with E-state index in [1.54, 1.807) is 0 Å². The first-order chi connectivity index (χ1) is 16.5. The number of rotatable bonds is 8. The summed E-state index contributed by atoms with van der Waals surface area (Å²) < 4.78 is 32.7. The van der Waals surface area contributed by atoms with Crippen molar-refractivity contribution in [3.05, 3.63) is 0 Å². The summed E-state index contributed by atoms with van der Waals surface area (Å²) in [7, 11) is 1.24. The van der Waals surface area contributed by atoms with Crippen LogP contribution in [0.2, 0.25) is 0 Å². The molecule has 3 aliphatic heterocycles. The van der Waals surface area contributed by atoms with Crippen molar-refractivity contribution in [2.45, 2.75) is 98.9 Å². The van der Waals surface area contributed by atoms with Crippen molar-refractivity contribution in [3.8, 4) is 0 Å². The van der Waals surface area contributed by atoms with E-state index in [1.807, 2.05) is 0 Å². The number of methoxy groups -OCH3 is 1. The Kier molecular flexibility index (Phi) is 10.2. The Morgan fingerprint density at radius 1 is 0.600 bits per heavy atom. The minimum absolute atomic E-state index is 0.433. The SMILES string of the molecule is CO[C@@H]1C(CO[C@H]2OC(CO)[C@H](O)[C@H](O)C2O)O[C@@H](O[C@@H]2C(CO)O[C@@H](C)C(O)[C@H]2O)C(O)[C@H]1O. The zero-order valence-corrected chi connectivity index (χ0v) is 19.3. The van der Waals surface area contributed by atoms with Gasteiger partial charge in [-0.05, 0) is 6.92 Å². The number of hydrogen-bond donors (Lipinski definition) is 9. The molecule has 6 unspecified atom stereocenters. The molecule has 15 atom stereocenters. The van der Waals surface area contributed by atoms with Crippen LogP contribution in [0.4, 0.5) is 0 Å². The third-order valence-corrected chi connectivity index (χ3v) is 6.58. The third kappa shape index (κ3) is 5.95. The molecule has 3 rings (SSSR count). The average molecular weight is 516 g/mol. The van der Waals surface area contributed by atoms with Crippen LogP contribution in [0.5, 0.6) is 0 Å². The standard InChI is InChI=1S/C20H36O15/c1-6-10(23)13(26)18(8(4-22)32-6)35-20-16(29)14(27)17(30-2)9(34-20)5-31-19-15(28)12(25)11(24)7(3-21)33-19/h6-29H,3-5H2,1-2H3/t6-,7?,8?,9?,10?,11-,12-,13+,14+,15?,16?,17+,18+,19-,20-/m0/s1. The predicted molar refractivity (Wildman–Crippen MR) is 109 cm³/mol. The molecule has 35 heavy (non-hydrogen) atoms. The van der Waals surface area contributed by atoms with Crippen molar-refractivity contribution in [1.82, 2.24) is 0 Å². The maximum atomic E-state index is 10.6. The largest absolute Gasteiger partial charge is 0.394 e. The molecule has 206 valence electrons. The Morgan fingerprint density at radius 2 is 1.17 bits per heavy atom. The minimum Gasteiger partial charge on any atom is -0.394 e. The lowest BCUT2D eigenvalue weighted by Crippen LogP contribution is -2.65. The molecule has 0 aliphatic carbocycles. The number of aliphatic hydroxyl groups excluding tert-OH is 9. The summed E-state index contributed by atoms with van der Waals surface area (Å²) in [5.74, 6) is 0. The van der Waals surface area contributed by atoms with E-state index < -0.39 is 112 Å². The molecular formula is C20H36O15. The number of hydrogen-bond acceptors (Lipinski definition) is 15. The summed E-state index contributed by atoms with van der Waals surface area (Å²) in [5.41, 5.74) is 0. The van der Waals surface area contributed by atoms with Crippen LogP contribution in [0.25, 0.3) is 0 Å². The Bertz CT molecular complexity index is 652. The van der Waals surface area contributed by atoms with Gasteiger partial charge in [0.1, 0.15) is 73.2 Å². The summed E-state index contributed by atoms with van der Waals surface area (Å²) in [6.45, 7) is -0.168. The summed E-state index contributed by atoms with van der Waals surface area (Å²) in [4.78, 5) is 0. The molecule has 3 aliphatic rings. The lowest BCUT2D eigenvalue weighted by atomic mass is 9.95. The summed E-state index contributed by atoms with van der Waals surface area (Å²) in [6.07, 6.45) is -20.8. The first kappa shape index (κ1) is 29.0. The van der Waals surface area contributed by atoms with Crippen molar-refractivity contribution >= 4 is 0 Å². The highest BCUT2D eigenvalue weighted by atomic mass is 16.7. The molecule has 0 spiro atoms. The van der Waals surface area contributed by atoms with E-state index >= 15 is 0 Å². The van der Waals surface area contributed by atoms with Gasteiger partial charge in [0.05, 0.1) is 25.9 Å². The summed E-state index contributed by atoms with van der Waals surface area (Å²) >= 11 is 0. The van der Waals surface area contributed by atoms with Gasteiger partial charge in [-0.15, -0.1) is 0 Å². The molecule has 0 saturated carbocycles. The van der Waals surface area contributed by atoms with Crippen LogP contribution in [-0.4, -0.2) is 165 Å². The molecule has 0 radical (unpaired) electrons. The molecule has 0 aromatic rings. The molecule has 15 heteroatoms. The second-order valence-electron chi connectivity index (χ2n) is 8.90. The van der Waals surface area contributed by atoms with E-state index in [0.717, 1.165) is 0 Å². The van der Waals surface area contributed by atoms with Gasteiger partial charge in [-0.1, -0.05) is 0 Å². The third-order valence-electron chi connectivity index (χ3n) is 6.58. The smallest absolute Gasteiger partial charge is 0.187 e. The lowest BCUT2D eigenvalue weighted by Gasteiger charge is -2.46. The summed E-state index contributed by atoms with van der Waals surface area (Å²) in [5, 5.41) is 90.5. The highest BCUT2D eigenvalue weighted by Crippen LogP contribution is 2.31. The monoisotopic (exact) mass is 516 g/mol. The van der Waals surface area contributed by atoms with Gasteiger partial charge in [-0.2, -0.15) is 0 Å². The van der Waals surface area contributed by atoms with E-state index in [1.165, 1.54) is 14.0 Å². The van der Waals surface area contributed by atoms with Crippen LogP contribution in [0.3, 0.4) is 0 Å². The Hall–Kier alpha value is -0.600. The number of ether oxygens (including phenoxy) is 6. The molecule has 0 bridgehead atoms. The molecule has 0 amide bonds. The van der Waals surface area contributed by atoms with Crippen molar-refractivity contribution < 1.29 is 74.4 Å². The molecule has 15 nitrogen and oxygen atoms in total. The van der Waals surface area contributed by atoms with E-state index in [2.05, 4.69) is 0 Å². The predicted octanol–water partition coefficient (Wildman–Crippen LogP) is -5.85. The Morgan fingerprint density at radius 3 is 1.77 bits per heavy atom. The van der Waals surface area contributed by atoms with Crippen molar-refractivity contribution in [2.24, 2.45) is 0 Å². The second kappa shape index (κ2) is 12.3. The van der Waals surface area contributed by atoms with Gasteiger partial charge in [-0.25, -0.2) is 0 Å². The van der Waals surface area contributed by atoms with E-state index in [0.29, 0.717) is 0 Å². The molecule has 3 heterocycles. The van der Waals surface area contributed by atoms with Crippen molar-refractivity contribution in [2.75, 3.05) is 26.9 Å². The van der Waals surface area contributed by atoms with Crippen LogP contribution >= 0.6 is 0 Å². The minimum atomic E-state index is -1.68. The second-order valence-corrected chi connectivity index (χ2v) is 8.90. The van der Waals surface area contributed by atoms with E-state index in [4.69, 9.17) is 28.4 Å². The van der Waals surface area contributed by atoms with Crippen molar-refractivity contribution in [3.63, 3.8) is 0 Å². The van der Waals surface area contributed by atoms with Crippen molar-refractivity contribution in [1.29, 1.82) is 0 Å². The molecule has 3 fully saturated rings. The Labute approximate surface area is 200 Å². The molecule has 0 aromatic carbocycles. The highest BCUT2D eigenvalue weighted by Gasteiger charge is 2.51. The first-order valence-electron chi connectivity index (χ1n) is 11.3. The fraction of sp³-hybridized carbons (Fsp3) is 1.00. The van der Waals surface area contributed by atoms with Gasteiger partial charge in [-0.3, -0.25) is 0 Å². The highest BCUT2D eigenvalue weighted by molar-refractivity contribution is 4.95. The zero-order valence-electron chi connectivity index (χ0n) is 19.3. The zero-order chi connectivity index (χ0) is 26.0. The van der Waals surface area contributed by atoms with E-state index in [9.17, 15) is 46.0 Å². The lowest BCUT2D eigenvalue weighted by molar-refractivity contribution is -0.354. The van der Waals surface area contributed by atoms with E-state index in [-0.39, 0.29) is 0 Å². The van der Waals surface area contributed by atoms with Crippen LogP contribution in [0, 0.1) is 0 Å². The van der Waals surface area contributed by atoms with Crippen LogP contribution in [0.1, 0.15) is 6.92 Å². The van der Waals surface area contributed by atoms with Crippen LogP contribution in [-0.2, 0) is 28.4 Å². The van der Waals surface area contributed by atoms with Gasteiger partial charge < -0.3 is 74.4 Å². The Balaban J connectivity index is 1.70. The molecule has 3 saturated heterocycles. The fourth-order valence-electron chi connectivity index (χ4n) is 4.43.